The zero-order valence-electron chi connectivity index (χ0n) is 12.5. The van der Waals surface area contributed by atoms with E-state index in [-0.39, 0.29) is 18.7 Å². The van der Waals surface area contributed by atoms with Crippen molar-refractivity contribution in [3.8, 4) is 0 Å². The third-order valence-electron chi connectivity index (χ3n) is 3.51. The largest absolute Gasteiger partial charge is 0.444 e. The van der Waals surface area contributed by atoms with Crippen LogP contribution in [0.15, 0.2) is 72.0 Å². The molecule has 0 radical (unpaired) electrons. The number of hydrogen-bond acceptors (Lipinski definition) is 3. The minimum Gasteiger partial charge on any atom is -0.444 e. The second-order valence-electron chi connectivity index (χ2n) is 5.04. The van der Waals surface area contributed by atoms with Crippen LogP contribution in [0, 0.1) is 0 Å². The zero-order chi connectivity index (χ0) is 16.2. The Morgan fingerprint density at radius 3 is 2.52 bits per heavy atom. The van der Waals surface area contributed by atoms with Crippen LogP contribution in [0.1, 0.15) is 5.56 Å². The van der Waals surface area contributed by atoms with Gasteiger partial charge in [-0.25, -0.2) is 9.48 Å². The Bertz CT molecular complexity index is 907. The van der Waals surface area contributed by atoms with E-state index >= 15 is 0 Å². The molecule has 116 valence electrons. The summed E-state index contributed by atoms with van der Waals surface area (Å²) < 4.78 is 7.80. The summed E-state index contributed by atoms with van der Waals surface area (Å²) in [6.07, 6.45) is 0.891. The number of benzene rings is 2. The topological polar surface area (TPSA) is 53.2 Å². The van der Waals surface area contributed by atoms with Crippen LogP contribution >= 0.6 is 0 Å². The van der Waals surface area contributed by atoms with E-state index in [1.54, 1.807) is 24.3 Å². The molecule has 0 saturated carbocycles. The zero-order valence-corrected chi connectivity index (χ0v) is 12.5. The van der Waals surface area contributed by atoms with Gasteiger partial charge in [0.05, 0.1) is 17.4 Å². The quantitative estimate of drug-likeness (QED) is 0.696. The summed E-state index contributed by atoms with van der Waals surface area (Å²) in [5.41, 5.74) is 1.23. The molecule has 0 aliphatic rings. The maximum absolute atomic E-state index is 12.6. The lowest BCUT2D eigenvalue weighted by Crippen LogP contribution is -2.28. The molecule has 5 nitrogen and oxygen atoms in total. The van der Waals surface area contributed by atoms with Crippen LogP contribution in [-0.4, -0.2) is 22.1 Å². The van der Waals surface area contributed by atoms with Crippen molar-refractivity contribution in [2.75, 3.05) is 6.61 Å². The first-order valence-electron chi connectivity index (χ1n) is 7.25. The van der Waals surface area contributed by atoms with Crippen LogP contribution in [0.3, 0.4) is 0 Å². The third-order valence-corrected chi connectivity index (χ3v) is 3.51. The molecule has 0 atom stereocenters. The fourth-order valence-electron chi connectivity index (χ4n) is 2.49. The molecular formula is C18H16N2O3. The highest BCUT2D eigenvalue weighted by Gasteiger charge is 2.19. The van der Waals surface area contributed by atoms with Crippen molar-refractivity contribution in [3.63, 3.8) is 0 Å². The fraction of sp³-hybridized carbons (Fsp3) is 0.111. The molecule has 0 saturated heterocycles. The number of hydrogen-bond donors (Lipinski definition) is 0. The van der Waals surface area contributed by atoms with Crippen LogP contribution in [0.5, 0.6) is 0 Å². The average Bonchev–Trinajstić information content (AvgIpc) is 2.86. The first kappa shape index (κ1) is 14.8. The van der Waals surface area contributed by atoms with Crippen LogP contribution < -0.4 is 5.56 Å². The summed E-state index contributed by atoms with van der Waals surface area (Å²) >= 11 is 0. The lowest BCUT2D eigenvalue weighted by Gasteiger charge is -2.11. The highest BCUT2D eigenvalue weighted by atomic mass is 16.6. The number of ether oxygens (including phenoxy) is 1. The first-order valence-corrected chi connectivity index (χ1v) is 7.25. The molecule has 0 aliphatic carbocycles. The fourth-order valence-corrected chi connectivity index (χ4v) is 2.49. The Morgan fingerprint density at radius 2 is 1.78 bits per heavy atom. The van der Waals surface area contributed by atoms with Gasteiger partial charge in [-0.1, -0.05) is 55.1 Å². The van der Waals surface area contributed by atoms with Crippen molar-refractivity contribution >= 4 is 17.0 Å². The van der Waals surface area contributed by atoms with Gasteiger partial charge in [0.15, 0.2) is 0 Å². The lowest BCUT2D eigenvalue weighted by atomic mass is 10.2. The van der Waals surface area contributed by atoms with Gasteiger partial charge in [-0.15, -0.1) is 0 Å². The summed E-state index contributed by atoms with van der Waals surface area (Å²) in [6, 6.07) is 16.5. The molecule has 0 amide bonds. The number of nitrogens with zero attached hydrogens (tertiary/aromatic N) is 2. The SMILES string of the molecule is C=CCOC(=O)n1c2ccccc2c(=O)n1Cc1ccccc1. The molecule has 0 unspecified atom stereocenters. The van der Waals surface area contributed by atoms with Crippen molar-refractivity contribution in [2.24, 2.45) is 0 Å². The number of carbonyl (C=O) groups excluding carboxylic acids is 1. The monoisotopic (exact) mass is 308 g/mol. The van der Waals surface area contributed by atoms with E-state index in [1.165, 1.54) is 15.4 Å². The number of aromatic nitrogens is 2. The van der Waals surface area contributed by atoms with Gasteiger partial charge in [0, 0.05) is 0 Å². The standard InChI is InChI=1S/C18H16N2O3/c1-2-12-23-18(22)20-16-11-7-6-10-15(16)17(21)19(20)13-14-8-4-3-5-9-14/h2-11H,1,12-13H2. The van der Waals surface area contributed by atoms with Gasteiger partial charge in [-0.05, 0) is 17.7 Å². The molecular weight excluding hydrogens is 292 g/mol. The molecule has 0 aliphatic heterocycles. The number of fused-ring (bicyclic) bond motifs is 1. The van der Waals surface area contributed by atoms with Crippen molar-refractivity contribution in [2.45, 2.75) is 6.54 Å². The second-order valence-corrected chi connectivity index (χ2v) is 5.04. The van der Waals surface area contributed by atoms with Crippen molar-refractivity contribution in [1.29, 1.82) is 0 Å². The molecule has 23 heavy (non-hydrogen) atoms. The van der Waals surface area contributed by atoms with E-state index in [2.05, 4.69) is 6.58 Å². The Labute approximate surface area is 133 Å². The van der Waals surface area contributed by atoms with E-state index < -0.39 is 6.09 Å². The van der Waals surface area contributed by atoms with E-state index in [4.69, 9.17) is 4.74 Å². The minimum absolute atomic E-state index is 0.0882. The smallest absolute Gasteiger partial charge is 0.434 e. The highest BCUT2D eigenvalue weighted by Crippen LogP contribution is 2.13. The van der Waals surface area contributed by atoms with Crippen molar-refractivity contribution < 1.29 is 9.53 Å². The number of rotatable bonds is 4. The van der Waals surface area contributed by atoms with Crippen LogP contribution in [0.4, 0.5) is 4.79 Å². The molecule has 3 aromatic rings. The summed E-state index contributed by atoms with van der Waals surface area (Å²) in [5, 5.41) is 0.485. The molecule has 0 fully saturated rings. The van der Waals surface area contributed by atoms with E-state index in [1.807, 2.05) is 30.3 Å². The Balaban J connectivity index is 2.15. The molecule has 3 rings (SSSR count). The summed E-state index contributed by atoms with van der Waals surface area (Å²) in [4.78, 5) is 25.0. The van der Waals surface area contributed by atoms with Gasteiger partial charge < -0.3 is 4.74 Å². The third kappa shape index (κ3) is 2.81. The summed E-state index contributed by atoms with van der Waals surface area (Å²) in [7, 11) is 0. The molecule has 5 heteroatoms. The van der Waals surface area contributed by atoms with E-state index in [0.717, 1.165) is 5.56 Å². The van der Waals surface area contributed by atoms with E-state index in [9.17, 15) is 9.59 Å². The van der Waals surface area contributed by atoms with Crippen molar-refractivity contribution in [1.82, 2.24) is 9.36 Å². The van der Waals surface area contributed by atoms with Gasteiger partial charge in [0.2, 0.25) is 0 Å². The van der Waals surface area contributed by atoms with Gasteiger partial charge in [0.1, 0.15) is 6.61 Å². The molecule has 0 N–H and O–H groups in total. The maximum atomic E-state index is 12.6. The molecule has 0 spiro atoms. The normalized spacial score (nSPS) is 10.6. The van der Waals surface area contributed by atoms with Gasteiger partial charge in [0.25, 0.3) is 5.56 Å². The Hall–Kier alpha value is -3.08. The molecule has 1 heterocycles. The minimum atomic E-state index is -0.598. The molecule has 1 aromatic heterocycles. The van der Waals surface area contributed by atoms with Crippen LogP contribution in [0.2, 0.25) is 0 Å². The maximum Gasteiger partial charge on any atom is 0.434 e. The molecule has 0 bridgehead atoms. The van der Waals surface area contributed by atoms with Gasteiger partial charge in [-0.3, -0.25) is 4.79 Å². The number of carbonyl (C=O) groups is 1. The highest BCUT2D eigenvalue weighted by molar-refractivity contribution is 5.87. The second kappa shape index (κ2) is 6.36. The lowest BCUT2D eigenvalue weighted by molar-refractivity contribution is 0.153. The number of para-hydroxylation sites is 1. The molecule has 2 aromatic carbocycles. The predicted molar refractivity (Wildman–Crippen MR) is 88.7 cm³/mol. The summed E-state index contributed by atoms with van der Waals surface area (Å²) in [5.74, 6) is 0. The van der Waals surface area contributed by atoms with Crippen LogP contribution in [0.25, 0.3) is 10.9 Å². The Morgan fingerprint density at radius 1 is 1.09 bits per heavy atom. The predicted octanol–water partition coefficient (Wildman–Crippen LogP) is 3.02. The van der Waals surface area contributed by atoms with Gasteiger partial charge >= 0.3 is 6.09 Å². The van der Waals surface area contributed by atoms with Crippen LogP contribution in [-0.2, 0) is 11.3 Å². The first-order chi connectivity index (χ1) is 11.2. The van der Waals surface area contributed by atoms with E-state index in [0.29, 0.717) is 10.9 Å². The van der Waals surface area contributed by atoms with Crippen molar-refractivity contribution in [3.05, 3.63) is 83.2 Å². The average molecular weight is 308 g/mol. The van der Waals surface area contributed by atoms with Gasteiger partial charge in [-0.2, -0.15) is 4.68 Å². The Kier molecular flexibility index (Phi) is 4.10. The summed E-state index contributed by atoms with van der Waals surface area (Å²) in [6.45, 7) is 3.91.